The van der Waals surface area contributed by atoms with Gasteiger partial charge in [0, 0.05) is 18.0 Å². The lowest BCUT2D eigenvalue weighted by Crippen LogP contribution is -2.56. The molecule has 0 unspecified atom stereocenters. The van der Waals surface area contributed by atoms with Crippen molar-refractivity contribution < 1.29 is 5.11 Å². The van der Waals surface area contributed by atoms with Gasteiger partial charge in [-0.25, -0.2) is 0 Å². The van der Waals surface area contributed by atoms with Crippen molar-refractivity contribution in [2.24, 2.45) is 45.3 Å². The summed E-state index contributed by atoms with van der Waals surface area (Å²) in [5.41, 5.74) is 1.51. The maximum atomic E-state index is 11.4. The summed E-state index contributed by atoms with van der Waals surface area (Å²) in [4.78, 5) is 4.82. The summed E-state index contributed by atoms with van der Waals surface area (Å²) in [5.74, 6) is 2.53. The minimum Gasteiger partial charge on any atom is -0.393 e. The summed E-state index contributed by atoms with van der Waals surface area (Å²) in [7, 11) is 8.92. The molecule has 0 heterocycles. The molecule has 0 radical (unpaired) electrons. The smallest absolute Gasteiger partial charge is 0.0594 e. The molecule has 0 aromatic carbocycles. The number of rotatable bonds is 3. The van der Waals surface area contributed by atoms with Gasteiger partial charge < -0.3 is 14.9 Å². The van der Waals surface area contributed by atoms with E-state index in [9.17, 15) is 5.11 Å². The number of fused-ring (bicyclic) bond motifs is 2. The van der Waals surface area contributed by atoms with Crippen molar-refractivity contribution in [3.05, 3.63) is 12.2 Å². The quantitative estimate of drug-likeness (QED) is 0.680. The van der Waals surface area contributed by atoms with Crippen LogP contribution >= 0.6 is 0 Å². The third kappa shape index (κ3) is 2.28. The monoisotopic (exact) mass is 414 g/mol. The highest BCUT2D eigenvalue weighted by Crippen LogP contribution is 2.86. The number of aliphatic hydroxyl groups excluding tert-OH is 1. The zero-order valence-corrected chi connectivity index (χ0v) is 20.8. The first-order valence-electron chi connectivity index (χ1n) is 12.6. The molecule has 4 saturated carbocycles. The molecule has 5 aliphatic rings. The van der Waals surface area contributed by atoms with Crippen LogP contribution in [0.5, 0.6) is 0 Å². The third-order valence-corrected chi connectivity index (χ3v) is 12.2. The lowest BCUT2D eigenvalue weighted by molar-refractivity contribution is -0.0996. The van der Waals surface area contributed by atoms with Gasteiger partial charge in [0.2, 0.25) is 0 Å². The number of hydrogen-bond acceptors (Lipinski definition) is 3. The molecule has 3 nitrogen and oxygen atoms in total. The number of aliphatic hydroxyl groups is 1. The second-order valence-electron chi connectivity index (χ2n) is 13.1. The van der Waals surface area contributed by atoms with Gasteiger partial charge in [0.25, 0.3) is 0 Å². The van der Waals surface area contributed by atoms with E-state index in [1.807, 2.05) is 0 Å². The average Bonchev–Trinajstić information content (AvgIpc) is 3.26. The molecule has 0 aromatic rings. The first-order valence-corrected chi connectivity index (χ1v) is 12.6. The predicted octanol–water partition coefficient (Wildman–Crippen LogP) is 4.66. The van der Waals surface area contributed by atoms with Crippen molar-refractivity contribution in [3.63, 3.8) is 0 Å². The van der Waals surface area contributed by atoms with Gasteiger partial charge >= 0.3 is 0 Å². The second kappa shape index (κ2) is 6.35. The molecule has 0 amide bonds. The van der Waals surface area contributed by atoms with Gasteiger partial charge in [-0.3, -0.25) is 0 Å². The molecular formula is C27H46N2O. The molecule has 0 aromatic heterocycles. The zero-order chi connectivity index (χ0) is 21.9. The van der Waals surface area contributed by atoms with Gasteiger partial charge in [0.05, 0.1) is 6.10 Å². The Labute approximate surface area is 185 Å². The van der Waals surface area contributed by atoms with E-state index < -0.39 is 0 Å². The van der Waals surface area contributed by atoms with Crippen molar-refractivity contribution in [1.29, 1.82) is 0 Å². The maximum Gasteiger partial charge on any atom is 0.0594 e. The van der Waals surface area contributed by atoms with Crippen molar-refractivity contribution in [1.82, 2.24) is 9.80 Å². The highest BCUT2D eigenvalue weighted by molar-refractivity contribution is 5.36. The van der Waals surface area contributed by atoms with E-state index in [0.717, 1.165) is 24.3 Å². The molecule has 2 spiro atoms. The molecule has 170 valence electrons. The van der Waals surface area contributed by atoms with Crippen LogP contribution in [0, 0.1) is 45.3 Å². The van der Waals surface area contributed by atoms with Crippen LogP contribution in [0.4, 0.5) is 0 Å². The van der Waals surface area contributed by atoms with E-state index in [2.05, 4.69) is 77.8 Å². The lowest BCUT2D eigenvalue weighted by atomic mass is 9.44. The minimum absolute atomic E-state index is 0.170. The fraction of sp³-hybridized carbons (Fsp3) is 0.926. The van der Waals surface area contributed by atoms with Crippen molar-refractivity contribution >= 4 is 0 Å². The normalized spacial score (nSPS) is 57.6. The first-order chi connectivity index (χ1) is 14.0. The van der Waals surface area contributed by atoms with Crippen LogP contribution in [0.25, 0.3) is 0 Å². The minimum atomic E-state index is -0.170. The molecule has 3 heteroatoms. The molecule has 30 heavy (non-hydrogen) atoms. The van der Waals surface area contributed by atoms with Gasteiger partial charge in [-0.2, -0.15) is 0 Å². The topological polar surface area (TPSA) is 26.7 Å². The molecule has 1 N–H and O–H groups in total. The number of nitrogens with zero attached hydrogens (tertiary/aromatic N) is 2. The van der Waals surface area contributed by atoms with Gasteiger partial charge in [-0.15, -0.1) is 0 Å². The number of hydrogen-bond donors (Lipinski definition) is 1. The Morgan fingerprint density at radius 3 is 2.30 bits per heavy atom. The van der Waals surface area contributed by atoms with E-state index in [1.165, 1.54) is 32.1 Å². The molecular weight excluding hydrogens is 368 g/mol. The van der Waals surface area contributed by atoms with Crippen molar-refractivity contribution in [2.75, 3.05) is 28.2 Å². The lowest BCUT2D eigenvalue weighted by Gasteiger charge is -2.60. The first kappa shape index (κ1) is 21.5. The summed E-state index contributed by atoms with van der Waals surface area (Å²) >= 11 is 0. The average molecular weight is 415 g/mol. The summed E-state index contributed by atoms with van der Waals surface area (Å²) in [6.45, 7) is 9.97. The number of allylic oxidation sites excluding steroid dienone is 2. The van der Waals surface area contributed by atoms with E-state index in [1.54, 1.807) is 0 Å². The summed E-state index contributed by atoms with van der Waals surface area (Å²) in [5, 5.41) is 11.4. The van der Waals surface area contributed by atoms with E-state index in [-0.39, 0.29) is 16.9 Å². The predicted molar refractivity (Wildman–Crippen MR) is 124 cm³/mol. The maximum absolute atomic E-state index is 11.4. The summed E-state index contributed by atoms with van der Waals surface area (Å²) < 4.78 is 0. The molecule has 5 rings (SSSR count). The second-order valence-corrected chi connectivity index (χ2v) is 13.1. The highest BCUT2D eigenvalue weighted by atomic mass is 16.3. The fourth-order valence-electron chi connectivity index (χ4n) is 10.3. The van der Waals surface area contributed by atoms with Crippen LogP contribution in [-0.4, -0.2) is 61.3 Å². The van der Waals surface area contributed by atoms with Crippen LogP contribution in [0.15, 0.2) is 12.2 Å². The van der Waals surface area contributed by atoms with E-state index >= 15 is 0 Å². The van der Waals surface area contributed by atoms with Crippen LogP contribution in [0.2, 0.25) is 0 Å². The highest BCUT2D eigenvalue weighted by Gasteiger charge is 2.81. The largest absolute Gasteiger partial charge is 0.393 e. The third-order valence-electron chi connectivity index (χ3n) is 12.2. The molecule has 0 bridgehead atoms. The van der Waals surface area contributed by atoms with Crippen LogP contribution in [-0.2, 0) is 0 Å². The van der Waals surface area contributed by atoms with Crippen LogP contribution in [0.1, 0.15) is 66.2 Å². The molecule has 4 fully saturated rings. The zero-order valence-electron chi connectivity index (χ0n) is 20.8. The van der Waals surface area contributed by atoms with Crippen molar-refractivity contribution in [3.8, 4) is 0 Å². The van der Waals surface area contributed by atoms with Gasteiger partial charge in [-0.1, -0.05) is 32.9 Å². The SMILES string of the molecule is C[C@@H]1[C@@H](N(C)C)CC[C@]23C[C@]24CC[C@]2(C)[C@@H]([C@H](C)N(C)C)[C@H](O)C[C@@]2(C)[C@@H]4C=C[C@@H]13. The van der Waals surface area contributed by atoms with Crippen LogP contribution < -0.4 is 0 Å². The van der Waals surface area contributed by atoms with Gasteiger partial charge in [-0.05, 0) is 113 Å². The molecule has 0 saturated heterocycles. The van der Waals surface area contributed by atoms with Gasteiger partial charge in [0.1, 0.15) is 0 Å². The summed E-state index contributed by atoms with van der Waals surface area (Å²) in [6.07, 6.45) is 13.1. The van der Waals surface area contributed by atoms with E-state index in [0.29, 0.717) is 28.7 Å². The van der Waals surface area contributed by atoms with Crippen LogP contribution in [0.3, 0.4) is 0 Å². The Hall–Kier alpha value is -0.380. The standard InChI is InChI=1S/C27H46N2O/c1-17-19-9-10-22-25(4)15-21(30)23(18(2)28(5)6)24(25,3)13-14-27(22)16-26(19,27)12-11-20(17)29(7)8/h9-10,17-23,30H,11-16H2,1-8H3/t17-,18-,19-,20-,21+,22-,23-,24+,25-,26+,27-/m0/s1. The Bertz CT molecular complexity index is 747. The Morgan fingerprint density at radius 2 is 1.67 bits per heavy atom. The Balaban J connectivity index is 1.53. The molecule has 11 atom stereocenters. The molecule has 0 aliphatic heterocycles. The Kier molecular flexibility index (Phi) is 4.55. The van der Waals surface area contributed by atoms with E-state index in [4.69, 9.17) is 0 Å². The fourth-order valence-corrected chi connectivity index (χ4v) is 10.3. The molecule has 5 aliphatic carbocycles. The summed E-state index contributed by atoms with van der Waals surface area (Å²) in [6, 6.07) is 1.15. The van der Waals surface area contributed by atoms with Gasteiger partial charge in [0.15, 0.2) is 0 Å². The van der Waals surface area contributed by atoms with Crippen molar-refractivity contribution in [2.45, 2.75) is 84.4 Å². The Morgan fingerprint density at radius 1 is 0.967 bits per heavy atom.